The van der Waals surface area contributed by atoms with Gasteiger partial charge >= 0.3 is 0 Å². The molecule has 0 radical (unpaired) electrons. The van der Waals surface area contributed by atoms with Gasteiger partial charge in [-0.25, -0.2) is 0 Å². The summed E-state index contributed by atoms with van der Waals surface area (Å²) in [7, 11) is 0. The number of hydrogen-bond donors (Lipinski definition) is 0. The Kier molecular flexibility index (Phi) is 4.25. The minimum Gasteiger partial charge on any atom is -0.338 e. The monoisotopic (exact) mass is 278 g/mol. The summed E-state index contributed by atoms with van der Waals surface area (Å²) in [5, 5.41) is 3.84. The number of rotatable bonds is 5. The van der Waals surface area contributed by atoms with Crippen LogP contribution in [0.2, 0.25) is 0 Å². The fraction of sp³-hybridized carbons (Fsp3) is 0.467. The normalized spacial score (nSPS) is 13.5. The van der Waals surface area contributed by atoms with Gasteiger partial charge in [0.15, 0.2) is 5.82 Å². The molecule has 2 rings (SSSR count). The van der Waals surface area contributed by atoms with Crippen molar-refractivity contribution in [1.29, 1.82) is 0 Å². The van der Waals surface area contributed by atoms with Gasteiger partial charge < -0.3 is 4.52 Å². The zero-order chi connectivity index (χ0) is 13.9. The largest absolute Gasteiger partial charge is 0.338 e. The molecule has 3 nitrogen and oxygen atoms in total. The van der Waals surface area contributed by atoms with E-state index >= 15 is 0 Å². The molecule has 1 unspecified atom stereocenters. The van der Waals surface area contributed by atoms with Crippen LogP contribution in [0.25, 0.3) is 0 Å². The van der Waals surface area contributed by atoms with Crippen LogP contribution in [-0.2, 0) is 5.41 Å². The lowest BCUT2D eigenvalue weighted by molar-refractivity contribution is 0.329. The van der Waals surface area contributed by atoms with Crippen molar-refractivity contribution >= 4 is 11.6 Å². The second kappa shape index (κ2) is 5.74. The molecule has 0 aliphatic rings. The SMILES string of the molecule is CCCC(Cl)c1noc(C(C)(C)c2ccccc2)n1. The van der Waals surface area contributed by atoms with Crippen LogP contribution < -0.4 is 0 Å². The molecular weight excluding hydrogens is 260 g/mol. The number of benzene rings is 1. The van der Waals surface area contributed by atoms with Crippen LogP contribution in [-0.4, -0.2) is 10.1 Å². The third kappa shape index (κ3) is 2.98. The first-order chi connectivity index (χ1) is 9.05. The van der Waals surface area contributed by atoms with Gasteiger partial charge in [-0.1, -0.05) is 48.8 Å². The highest BCUT2D eigenvalue weighted by Crippen LogP contribution is 2.32. The Labute approximate surface area is 119 Å². The maximum Gasteiger partial charge on any atom is 0.236 e. The zero-order valence-corrected chi connectivity index (χ0v) is 12.3. The van der Waals surface area contributed by atoms with Crippen LogP contribution in [0.1, 0.15) is 56.3 Å². The standard InChI is InChI=1S/C15H19ClN2O/c1-4-8-12(16)13-17-14(19-18-13)15(2,3)11-9-6-5-7-10-11/h5-7,9-10,12H,4,8H2,1-3H3. The lowest BCUT2D eigenvalue weighted by Gasteiger charge is -2.20. The molecule has 102 valence electrons. The summed E-state index contributed by atoms with van der Waals surface area (Å²) in [5.41, 5.74) is 0.835. The molecule has 1 aromatic carbocycles. The molecule has 1 atom stereocenters. The van der Waals surface area contributed by atoms with Crippen molar-refractivity contribution in [3.8, 4) is 0 Å². The Bertz CT molecular complexity index is 522. The van der Waals surface area contributed by atoms with Crippen LogP contribution in [0.3, 0.4) is 0 Å². The number of aromatic nitrogens is 2. The van der Waals surface area contributed by atoms with Crippen molar-refractivity contribution in [2.75, 3.05) is 0 Å². The smallest absolute Gasteiger partial charge is 0.236 e. The fourth-order valence-electron chi connectivity index (χ4n) is 1.98. The van der Waals surface area contributed by atoms with E-state index in [2.05, 4.69) is 43.0 Å². The third-order valence-corrected chi connectivity index (χ3v) is 3.71. The molecule has 0 saturated carbocycles. The Morgan fingerprint density at radius 2 is 1.95 bits per heavy atom. The Morgan fingerprint density at radius 1 is 1.26 bits per heavy atom. The average Bonchev–Trinajstić information content (AvgIpc) is 2.90. The lowest BCUT2D eigenvalue weighted by Crippen LogP contribution is -2.19. The highest BCUT2D eigenvalue weighted by Gasteiger charge is 2.30. The van der Waals surface area contributed by atoms with E-state index in [4.69, 9.17) is 16.1 Å². The quantitative estimate of drug-likeness (QED) is 0.757. The Morgan fingerprint density at radius 3 is 2.58 bits per heavy atom. The molecule has 2 aromatic rings. The molecule has 19 heavy (non-hydrogen) atoms. The minimum absolute atomic E-state index is 0.172. The maximum atomic E-state index is 6.23. The van der Waals surface area contributed by atoms with Gasteiger partial charge in [-0.15, -0.1) is 11.6 Å². The molecule has 0 spiro atoms. The highest BCUT2D eigenvalue weighted by molar-refractivity contribution is 6.20. The van der Waals surface area contributed by atoms with Gasteiger partial charge in [0.25, 0.3) is 0 Å². The first-order valence-electron chi connectivity index (χ1n) is 6.59. The highest BCUT2D eigenvalue weighted by atomic mass is 35.5. The van der Waals surface area contributed by atoms with E-state index in [0.29, 0.717) is 11.7 Å². The van der Waals surface area contributed by atoms with E-state index in [1.807, 2.05) is 18.2 Å². The topological polar surface area (TPSA) is 38.9 Å². The van der Waals surface area contributed by atoms with Gasteiger partial charge in [0.2, 0.25) is 5.89 Å². The first-order valence-corrected chi connectivity index (χ1v) is 7.03. The fourth-order valence-corrected chi connectivity index (χ4v) is 2.28. The number of alkyl halides is 1. The van der Waals surface area contributed by atoms with Gasteiger partial charge in [-0.3, -0.25) is 0 Å². The summed E-state index contributed by atoms with van der Waals surface area (Å²) >= 11 is 6.23. The van der Waals surface area contributed by atoms with Crippen LogP contribution in [0, 0.1) is 0 Å². The Balaban J connectivity index is 2.27. The molecular formula is C15H19ClN2O. The summed E-state index contributed by atoms with van der Waals surface area (Å²) in [4.78, 5) is 4.47. The summed E-state index contributed by atoms with van der Waals surface area (Å²) < 4.78 is 5.41. The first kappa shape index (κ1) is 14.1. The van der Waals surface area contributed by atoms with Gasteiger partial charge in [0, 0.05) is 0 Å². The molecule has 1 aromatic heterocycles. The van der Waals surface area contributed by atoms with E-state index < -0.39 is 0 Å². The molecule has 0 N–H and O–H groups in total. The summed E-state index contributed by atoms with van der Waals surface area (Å²) in [5.74, 6) is 1.19. The molecule has 0 amide bonds. The molecule has 0 fully saturated rings. The van der Waals surface area contributed by atoms with Gasteiger partial charge in [-0.05, 0) is 25.8 Å². The van der Waals surface area contributed by atoms with Crippen molar-refractivity contribution < 1.29 is 4.52 Å². The van der Waals surface area contributed by atoms with Crippen molar-refractivity contribution in [2.45, 2.75) is 44.4 Å². The number of hydrogen-bond acceptors (Lipinski definition) is 3. The third-order valence-electron chi connectivity index (χ3n) is 3.29. The number of halogens is 1. The zero-order valence-electron chi connectivity index (χ0n) is 11.6. The van der Waals surface area contributed by atoms with E-state index in [0.717, 1.165) is 18.4 Å². The summed E-state index contributed by atoms with van der Waals surface area (Å²) in [6.45, 7) is 6.23. The van der Waals surface area contributed by atoms with E-state index in [9.17, 15) is 0 Å². The van der Waals surface area contributed by atoms with Crippen molar-refractivity contribution in [2.24, 2.45) is 0 Å². The second-order valence-corrected chi connectivity index (χ2v) is 5.73. The minimum atomic E-state index is -0.310. The molecule has 0 bridgehead atoms. The van der Waals surface area contributed by atoms with Gasteiger partial charge in [0.1, 0.15) is 0 Å². The van der Waals surface area contributed by atoms with Crippen molar-refractivity contribution in [3.63, 3.8) is 0 Å². The molecule has 4 heteroatoms. The molecule has 0 aliphatic carbocycles. The molecule has 1 heterocycles. The van der Waals surface area contributed by atoms with Crippen molar-refractivity contribution in [3.05, 3.63) is 47.6 Å². The average molecular weight is 279 g/mol. The summed E-state index contributed by atoms with van der Waals surface area (Å²) in [6.07, 6.45) is 1.85. The Hall–Kier alpha value is -1.35. The molecule has 0 saturated heterocycles. The maximum absolute atomic E-state index is 6.23. The predicted octanol–water partition coefficient (Wildman–Crippen LogP) is 4.48. The second-order valence-electron chi connectivity index (χ2n) is 5.20. The van der Waals surface area contributed by atoms with E-state index in [-0.39, 0.29) is 10.8 Å². The van der Waals surface area contributed by atoms with Gasteiger partial charge in [-0.2, -0.15) is 4.98 Å². The van der Waals surface area contributed by atoms with Gasteiger partial charge in [0.05, 0.1) is 10.8 Å². The van der Waals surface area contributed by atoms with Crippen LogP contribution in [0.15, 0.2) is 34.9 Å². The summed E-state index contributed by atoms with van der Waals surface area (Å²) in [6, 6.07) is 10.1. The lowest BCUT2D eigenvalue weighted by atomic mass is 9.84. The van der Waals surface area contributed by atoms with Crippen LogP contribution >= 0.6 is 11.6 Å². The van der Waals surface area contributed by atoms with E-state index in [1.165, 1.54) is 0 Å². The molecule has 0 aliphatic heterocycles. The van der Waals surface area contributed by atoms with Crippen LogP contribution in [0.5, 0.6) is 0 Å². The van der Waals surface area contributed by atoms with Crippen LogP contribution in [0.4, 0.5) is 0 Å². The van der Waals surface area contributed by atoms with Crippen molar-refractivity contribution in [1.82, 2.24) is 10.1 Å². The number of nitrogens with zero attached hydrogens (tertiary/aromatic N) is 2. The predicted molar refractivity (Wildman–Crippen MR) is 76.4 cm³/mol. The van der Waals surface area contributed by atoms with E-state index in [1.54, 1.807) is 0 Å².